The van der Waals surface area contributed by atoms with Crippen LogP contribution < -0.4 is 11.1 Å². The Bertz CT molecular complexity index is 604. The van der Waals surface area contributed by atoms with Crippen LogP contribution in [0.3, 0.4) is 0 Å². The number of nitrogens with two attached hydrogens (primary N) is 1. The molecule has 0 radical (unpaired) electrons. The van der Waals surface area contributed by atoms with Crippen molar-refractivity contribution in [2.45, 2.75) is 19.9 Å². The molecule has 0 aliphatic carbocycles. The fourth-order valence-electron chi connectivity index (χ4n) is 1.49. The van der Waals surface area contributed by atoms with Crippen LogP contribution in [0.5, 0.6) is 0 Å². The van der Waals surface area contributed by atoms with E-state index in [4.69, 9.17) is 5.73 Å². The van der Waals surface area contributed by atoms with E-state index in [2.05, 4.69) is 10.3 Å². The van der Waals surface area contributed by atoms with Crippen molar-refractivity contribution in [3.05, 3.63) is 33.0 Å². The van der Waals surface area contributed by atoms with Crippen LogP contribution in [-0.2, 0) is 17.8 Å². The predicted molar refractivity (Wildman–Crippen MR) is 76.4 cm³/mol. The Labute approximate surface area is 118 Å². The van der Waals surface area contributed by atoms with Crippen molar-refractivity contribution in [3.63, 3.8) is 0 Å². The molecule has 2 aromatic rings. The number of amides is 1. The SMILES string of the molecule is CC(=O)c1cc(CC(=O)NCc2csc(N)n2)cs1. The van der Waals surface area contributed by atoms with Crippen LogP contribution in [0.2, 0.25) is 0 Å². The number of nitrogen functional groups attached to an aromatic ring is 1. The van der Waals surface area contributed by atoms with Gasteiger partial charge in [0, 0.05) is 5.38 Å². The number of carbonyl (C=O) groups is 2. The van der Waals surface area contributed by atoms with Crippen molar-refractivity contribution in [2.24, 2.45) is 0 Å². The number of rotatable bonds is 5. The van der Waals surface area contributed by atoms with Gasteiger partial charge in [-0.05, 0) is 23.9 Å². The Hall–Kier alpha value is -1.73. The summed E-state index contributed by atoms with van der Waals surface area (Å²) in [5.74, 6) is -0.0749. The topological polar surface area (TPSA) is 85.1 Å². The number of carbonyl (C=O) groups excluding carboxylic acids is 2. The molecule has 2 aromatic heterocycles. The van der Waals surface area contributed by atoms with Gasteiger partial charge >= 0.3 is 0 Å². The van der Waals surface area contributed by atoms with Crippen LogP contribution in [0, 0.1) is 0 Å². The lowest BCUT2D eigenvalue weighted by atomic mass is 10.2. The average molecular weight is 295 g/mol. The molecule has 0 aromatic carbocycles. The van der Waals surface area contributed by atoms with E-state index in [0.717, 1.165) is 11.3 Å². The van der Waals surface area contributed by atoms with Gasteiger partial charge in [-0.15, -0.1) is 22.7 Å². The molecule has 1 amide bonds. The maximum absolute atomic E-state index is 11.7. The Balaban J connectivity index is 1.85. The highest BCUT2D eigenvalue weighted by Crippen LogP contribution is 2.16. The lowest BCUT2D eigenvalue weighted by Gasteiger charge is -2.01. The number of nitrogens with one attached hydrogen (secondary N) is 1. The normalized spacial score (nSPS) is 10.4. The van der Waals surface area contributed by atoms with Crippen molar-refractivity contribution in [2.75, 3.05) is 5.73 Å². The van der Waals surface area contributed by atoms with E-state index in [1.807, 2.05) is 10.8 Å². The van der Waals surface area contributed by atoms with Gasteiger partial charge in [-0.2, -0.15) is 0 Å². The van der Waals surface area contributed by atoms with Crippen LogP contribution in [0.1, 0.15) is 27.9 Å². The summed E-state index contributed by atoms with van der Waals surface area (Å²) in [7, 11) is 0. The second-order valence-corrected chi connectivity index (χ2v) is 5.81. The summed E-state index contributed by atoms with van der Waals surface area (Å²) in [5.41, 5.74) is 7.11. The molecule has 0 spiro atoms. The molecule has 0 saturated heterocycles. The first-order valence-corrected chi connectivity index (χ1v) is 7.35. The number of hydrogen-bond donors (Lipinski definition) is 2. The third kappa shape index (κ3) is 3.87. The molecular weight excluding hydrogens is 282 g/mol. The fourth-order valence-corrected chi connectivity index (χ4v) is 2.87. The van der Waals surface area contributed by atoms with Crippen LogP contribution >= 0.6 is 22.7 Å². The summed E-state index contributed by atoms with van der Waals surface area (Å²) < 4.78 is 0. The summed E-state index contributed by atoms with van der Waals surface area (Å²) in [5, 5.41) is 6.91. The van der Waals surface area contributed by atoms with Gasteiger partial charge in [-0.1, -0.05) is 0 Å². The number of anilines is 1. The second-order valence-electron chi connectivity index (χ2n) is 4.01. The fraction of sp³-hybridized carbons (Fsp3) is 0.250. The van der Waals surface area contributed by atoms with Gasteiger partial charge in [0.15, 0.2) is 10.9 Å². The summed E-state index contributed by atoms with van der Waals surface area (Å²) in [6.45, 7) is 1.89. The molecule has 0 saturated carbocycles. The standard InChI is InChI=1S/C12H13N3O2S2/c1-7(16)10-2-8(5-18-10)3-11(17)14-4-9-6-19-12(13)15-9/h2,5-6H,3-4H2,1H3,(H2,13,15)(H,14,17). The first-order chi connectivity index (χ1) is 9.04. The molecule has 0 aliphatic heterocycles. The van der Waals surface area contributed by atoms with Gasteiger partial charge < -0.3 is 11.1 Å². The Kier molecular flexibility index (Phi) is 4.28. The van der Waals surface area contributed by atoms with Gasteiger partial charge in [0.1, 0.15) is 0 Å². The van der Waals surface area contributed by atoms with E-state index < -0.39 is 0 Å². The van der Waals surface area contributed by atoms with Crippen molar-refractivity contribution in [1.82, 2.24) is 10.3 Å². The summed E-state index contributed by atoms with van der Waals surface area (Å²) >= 11 is 2.71. The van der Waals surface area contributed by atoms with Crippen molar-refractivity contribution < 1.29 is 9.59 Å². The molecule has 2 rings (SSSR count). The number of thiophene rings is 1. The number of ketones is 1. The van der Waals surface area contributed by atoms with E-state index in [1.165, 1.54) is 29.6 Å². The van der Waals surface area contributed by atoms with Crippen LogP contribution in [-0.4, -0.2) is 16.7 Å². The lowest BCUT2D eigenvalue weighted by Crippen LogP contribution is -2.24. The molecular formula is C12H13N3O2S2. The maximum Gasteiger partial charge on any atom is 0.224 e. The molecule has 100 valence electrons. The molecule has 0 aliphatic rings. The maximum atomic E-state index is 11.7. The molecule has 3 N–H and O–H groups in total. The number of hydrogen-bond acceptors (Lipinski definition) is 6. The third-order valence-corrected chi connectivity index (χ3v) is 4.20. The quantitative estimate of drug-likeness (QED) is 0.824. The van der Waals surface area contributed by atoms with Gasteiger partial charge in [0.05, 0.1) is 23.5 Å². The highest BCUT2D eigenvalue weighted by Gasteiger charge is 2.08. The Morgan fingerprint density at radius 1 is 1.37 bits per heavy atom. The molecule has 5 nitrogen and oxygen atoms in total. The number of Topliss-reactive ketones (excluding diaryl/α,β-unsaturated/α-hetero) is 1. The first kappa shape index (κ1) is 13.7. The highest BCUT2D eigenvalue weighted by atomic mass is 32.1. The molecule has 0 fully saturated rings. The van der Waals surface area contributed by atoms with E-state index in [9.17, 15) is 9.59 Å². The minimum absolute atomic E-state index is 0.0228. The van der Waals surface area contributed by atoms with Crippen LogP contribution in [0.15, 0.2) is 16.8 Å². The lowest BCUT2D eigenvalue weighted by molar-refractivity contribution is -0.120. The number of thiazole rings is 1. The Morgan fingerprint density at radius 2 is 2.16 bits per heavy atom. The van der Waals surface area contributed by atoms with Crippen LogP contribution in [0.25, 0.3) is 0 Å². The zero-order chi connectivity index (χ0) is 13.8. The zero-order valence-electron chi connectivity index (χ0n) is 10.3. The average Bonchev–Trinajstić information content (AvgIpc) is 2.96. The van der Waals surface area contributed by atoms with E-state index in [-0.39, 0.29) is 18.1 Å². The second kappa shape index (κ2) is 5.94. The summed E-state index contributed by atoms with van der Waals surface area (Å²) in [4.78, 5) is 27.6. The van der Waals surface area contributed by atoms with Gasteiger partial charge in [-0.25, -0.2) is 4.98 Å². The largest absolute Gasteiger partial charge is 0.375 e. The third-order valence-electron chi connectivity index (χ3n) is 2.40. The molecule has 7 heteroatoms. The van der Waals surface area contributed by atoms with Crippen LogP contribution in [0.4, 0.5) is 5.13 Å². The van der Waals surface area contributed by atoms with Gasteiger partial charge in [0.2, 0.25) is 5.91 Å². The molecule has 0 atom stereocenters. The first-order valence-electron chi connectivity index (χ1n) is 5.59. The monoisotopic (exact) mass is 295 g/mol. The predicted octanol–water partition coefficient (Wildman–Crippen LogP) is 1.85. The minimum Gasteiger partial charge on any atom is -0.375 e. The summed E-state index contributed by atoms with van der Waals surface area (Å²) in [6, 6.07) is 1.76. The minimum atomic E-state index is -0.0977. The summed E-state index contributed by atoms with van der Waals surface area (Å²) in [6.07, 6.45) is 0.267. The van der Waals surface area contributed by atoms with Gasteiger partial charge in [-0.3, -0.25) is 9.59 Å². The van der Waals surface area contributed by atoms with E-state index in [1.54, 1.807) is 6.07 Å². The number of aromatic nitrogens is 1. The number of nitrogens with zero attached hydrogens (tertiary/aromatic N) is 1. The smallest absolute Gasteiger partial charge is 0.224 e. The highest BCUT2D eigenvalue weighted by molar-refractivity contribution is 7.13. The van der Waals surface area contributed by atoms with E-state index >= 15 is 0 Å². The van der Waals surface area contributed by atoms with Crippen molar-refractivity contribution in [3.8, 4) is 0 Å². The zero-order valence-corrected chi connectivity index (χ0v) is 11.9. The Morgan fingerprint density at radius 3 is 2.74 bits per heavy atom. The molecule has 0 unspecified atom stereocenters. The molecule has 0 bridgehead atoms. The molecule has 19 heavy (non-hydrogen) atoms. The van der Waals surface area contributed by atoms with E-state index in [0.29, 0.717) is 16.6 Å². The van der Waals surface area contributed by atoms with Crippen molar-refractivity contribution in [1.29, 1.82) is 0 Å². The molecule has 2 heterocycles. The van der Waals surface area contributed by atoms with Crippen molar-refractivity contribution >= 4 is 39.5 Å². The van der Waals surface area contributed by atoms with Gasteiger partial charge in [0.25, 0.3) is 0 Å².